The van der Waals surface area contributed by atoms with Crippen LogP contribution in [0.5, 0.6) is 5.75 Å². The highest BCUT2D eigenvalue weighted by Crippen LogP contribution is 2.30. The summed E-state index contributed by atoms with van der Waals surface area (Å²) in [6.45, 7) is 0.162. The van der Waals surface area contributed by atoms with E-state index in [1.54, 1.807) is 6.07 Å². The molecule has 2 N–H and O–H groups in total. The van der Waals surface area contributed by atoms with Gasteiger partial charge in [0.1, 0.15) is 12.4 Å². The lowest BCUT2D eigenvalue weighted by atomic mass is 10.2. The van der Waals surface area contributed by atoms with Crippen LogP contribution in [0.1, 0.15) is 16.8 Å². The minimum absolute atomic E-state index is 0.0505. The van der Waals surface area contributed by atoms with Crippen LogP contribution in [0.2, 0.25) is 5.02 Å². The highest BCUT2D eigenvalue weighted by Gasteiger charge is 2.40. The fourth-order valence-corrected chi connectivity index (χ4v) is 2.25. The van der Waals surface area contributed by atoms with E-state index in [1.807, 2.05) is 0 Å². The highest BCUT2D eigenvalue weighted by atomic mass is 35.5. The van der Waals surface area contributed by atoms with Gasteiger partial charge in [-0.25, -0.2) is 8.78 Å². The third-order valence-corrected chi connectivity index (χ3v) is 3.31. The maximum Gasteiger partial charge on any atom is 0.267 e. The second kappa shape index (κ2) is 5.93. The van der Waals surface area contributed by atoms with Gasteiger partial charge >= 0.3 is 0 Å². The Hall–Kier alpha value is -1.40. The number of amides is 1. The molecule has 0 saturated carbocycles. The molecule has 0 radical (unpaired) electrons. The minimum Gasteiger partial charge on any atom is -0.491 e. The first-order valence-electron chi connectivity index (χ1n) is 6.22. The molecule has 110 valence electrons. The van der Waals surface area contributed by atoms with Gasteiger partial charge in [-0.15, -0.1) is 0 Å². The molecule has 1 aromatic carbocycles. The number of carbonyl (C=O) groups excluding carboxylic acids is 1. The molecule has 0 aromatic heterocycles. The van der Waals surface area contributed by atoms with Crippen molar-refractivity contribution in [2.24, 2.45) is 5.73 Å². The molecule has 0 aliphatic carbocycles. The molecule has 1 fully saturated rings. The molecule has 1 amide bonds. The SMILES string of the molecule is NCCOc1ccc(C(=O)N2CCC(F)(F)C2)cc1Cl. The van der Waals surface area contributed by atoms with Gasteiger partial charge in [-0.1, -0.05) is 11.6 Å². The van der Waals surface area contributed by atoms with E-state index in [-0.39, 0.29) is 23.6 Å². The lowest BCUT2D eigenvalue weighted by Gasteiger charge is -2.16. The molecule has 20 heavy (non-hydrogen) atoms. The van der Waals surface area contributed by atoms with Crippen LogP contribution in [-0.2, 0) is 0 Å². The first kappa shape index (κ1) is 15.0. The Bertz CT molecular complexity index is 511. The molecule has 0 atom stereocenters. The van der Waals surface area contributed by atoms with Crippen LogP contribution in [0.3, 0.4) is 0 Å². The number of nitrogens with two attached hydrogens (primary N) is 1. The molecule has 0 bridgehead atoms. The number of halogens is 3. The summed E-state index contributed by atoms with van der Waals surface area (Å²) in [6, 6.07) is 4.47. The Morgan fingerprint density at radius 1 is 1.50 bits per heavy atom. The van der Waals surface area contributed by atoms with Crippen molar-refractivity contribution >= 4 is 17.5 Å². The number of hydrogen-bond donors (Lipinski definition) is 1. The fraction of sp³-hybridized carbons (Fsp3) is 0.462. The summed E-state index contributed by atoms with van der Waals surface area (Å²) in [4.78, 5) is 13.2. The molecule has 1 aliphatic heterocycles. The Morgan fingerprint density at radius 2 is 2.25 bits per heavy atom. The fourth-order valence-electron chi connectivity index (χ4n) is 2.01. The number of alkyl halides is 2. The van der Waals surface area contributed by atoms with Crippen molar-refractivity contribution in [2.75, 3.05) is 26.2 Å². The van der Waals surface area contributed by atoms with E-state index in [2.05, 4.69) is 0 Å². The molecule has 0 spiro atoms. The lowest BCUT2D eigenvalue weighted by molar-refractivity contribution is 0.0120. The maximum absolute atomic E-state index is 13.1. The average molecular weight is 305 g/mol. The Morgan fingerprint density at radius 3 is 2.80 bits per heavy atom. The van der Waals surface area contributed by atoms with Crippen LogP contribution in [0.15, 0.2) is 18.2 Å². The summed E-state index contributed by atoms with van der Waals surface area (Å²) in [6.07, 6.45) is -0.301. The third kappa shape index (κ3) is 3.37. The Kier molecular flexibility index (Phi) is 4.45. The van der Waals surface area contributed by atoms with Gasteiger partial charge in [0.05, 0.1) is 11.6 Å². The summed E-state index contributed by atoms with van der Waals surface area (Å²) in [5.74, 6) is -2.83. The van der Waals surface area contributed by atoms with E-state index in [0.717, 1.165) is 4.90 Å². The smallest absolute Gasteiger partial charge is 0.267 e. The van der Waals surface area contributed by atoms with Gasteiger partial charge in [-0.3, -0.25) is 4.79 Å². The molecule has 0 unspecified atom stereocenters. The van der Waals surface area contributed by atoms with Crippen molar-refractivity contribution < 1.29 is 18.3 Å². The summed E-state index contributed by atoms with van der Waals surface area (Å²) in [5.41, 5.74) is 5.58. The van der Waals surface area contributed by atoms with E-state index in [0.29, 0.717) is 18.9 Å². The molecule has 1 saturated heterocycles. The average Bonchev–Trinajstić information content (AvgIpc) is 2.77. The summed E-state index contributed by atoms with van der Waals surface area (Å²) >= 11 is 5.99. The standard InChI is InChI=1S/C13H15ClF2N2O2/c14-10-7-9(1-2-11(10)20-6-4-17)12(19)18-5-3-13(15,16)8-18/h1-2,7H,3-6,8,17H2. The third-order valence-electron chi connectivity index (χ3n) is 3.01. The summed E-state index contributed by atoms with van der Waals surface area (Å²) in [7, 11) is 0. The first-order valence-corrected chi connectivity index (χ1v) is 6.60. The second-order valence-corrected chi connectivity index (χ2v) is 5.02. The van der Waals surface area contributed by atoms with Crippen molar-refractivity contribution in [2.45, 2.75) is 12.3 Å². The number of hydrogen-bond acceptors (Lipinski definition) is 3. The van der Waals surface area contributed by atoms with Crippen molar-refractivity contribution in [3.05, 3.63) is 28.8 Å². The zero-order valence-corrected chi connectivity index (χ0v) is 11.5. The van der Waals surface area contributed by atoms with E-state index < -0.39 is 18.4 Å². The van der Waals surface area contributed by atoms with Gasteiger partial charge in [0.15, 0.2) is 0 Å². The van der Waals surface area contributed by atoms with E-state index in [1.165, 1.54) is 12.1 Å². The topological polar surface area (TPSA) is 55.6 Å². The van der Waals surface area contributed by atoms with Gasteiger partial charge in [0.2, 0.25) is 0 Å². The molecule has 1 aliphatic rings. The van der Waals surface area contributed by atoms with Crippen molar-refractivity contribution in [1.29, 1.82) is 0 Å². The van der Waals surface area contributed by atoms with Crippen molar-refractivity contribution in [3.63, 3.8) is 0 Å². The highest BCUT2D eigenvalue weighted by molar-refractivity contribution is 6.32. The van der Waals surface area contributed by atoms with Crippen molar-refractivity contribution in [3.8, 4) is 5.75 Å². The predicted molar refractivity (Wildman–Crippen MR) is 71.5 cm³/mol. The van der Waals surface area contributed by atoms with Crippen molar-refractivity contribution in [1.82, 2.24) is 4.90 Å². The molecule has 1 aromatic rings. The van der Waals surface area contributed by atoms with Crippen LogP contribution in [0.4, 0.5) is 8.78 Å². The Balaban J connectivity index is 2.09. The molecule has 1 heterocycles. The molecule has 2 rings (SSSR count). The van der Waals surface area contributed by atoms with E-state index >= 15 is 0 Å². The molecular formula is C13H15ClF2N2O2. The number of benzene rings is 1. The van der Waals surface area contributed by atoms with Crippen LogP contribution in [0.25, 0.3) is 0 Å². The van der Waals surface area contributed by atoms with Gasteiger partial charge in [0.25, 0.3) is 11.8 Å². The number of nitrogens with zero attached hydrogens (tertiary/aromatic N) is 1. The zero-order chi connectivity index (χ0) is 14.8. The van der Waals surface area contributed by atoms with Crippen LogP contribution >= 0.6 is 11.6 Å². The number of rotatable bonds is 4. The number of carbonyl (C=O) groups is 1. The normalized spacial score (nSPS) is 17.3. The molecular weight excluding hydrogens is 290 g/mol. The Labute approximate surface area is 120 Å². The first-order chi connectivity index (χ1) is 9.43. The van der Waals surface area contributed by atoms with Gasteiger partial charge < -0.3 is 15.4 Å². The van der Waals surface area contributed by atoms with Crippen LogP contribution in [0, 0.1) is 0 Å². The number of likely N-dealkylation sites (tertiary alicyclic amines) is 1. The largest absolute Gasteiger partial charge is 0.491 e. The monoisotopic (exact) mass is 304 g/mol. The van der Waals surface area contributed by atoms with Gasteiger partial charge in [-0.2, -0.15) is 0 Å². The summed E-state index contributed by atoms with van der Waals surface area (Å²) < 4.78 is 31.5. The van der Waals surface area contributed by atoms with E-state index in [4.69, 9.17) is 22.1 Å². The van der Waals surface area contributed by atoms with Crippen LogP contribution in [-0.4, -0.2) is 43.0 Å². The molecule has 7 heteroatoms. The summed E-state index contributed by atoms with van der Waals surface area (Å²) in [5, 5.41) is 0.259. The van der Waals surface area contributed by atoms with Crippen LogP contribution < -0.4 is 10.5 Å². The predicted octanol–water partition coefficient (Wildman–Crippen LogP) is 2.16. The van der Waals surface area contributed by atoms with Gasteiger partial charge in [-0.05, 0) is 18.2 Å². The minimum atomic E-state index is -2.80. The van der Waals surface area contributed by atoms with E-state index in [9.17, 15) is 13.6 Å². The zero-order valence-electron chi connectivity index (χ0n) is 10.7. The second-order valence-electron chi connectivity index (χ2n) is 4.61. The number of ether oxygens (including phenoxy) is 1. The quantitative estimate of drug-likeness (QED) is 0.927. The lowest BCUT2D eigenvalue weighted by Crippen LogP contribution is -2.31. The molecule has 4 nitrogen and oxygen atoms in total. The van der Waals surface area contributed by atoms with Gasteiger partial charge in [0, 0.05) is 25.1 Å². The maximum atomic E-state index is 13.1.